The zero-order chi connectivity index (χ0) is 21.1. The van der Waals surface area contributed by atoms with E-state index in [9.17, 15) is 9.18 Å². The molecule has 0 aliphatic rings. The van der Waals surface area contributed by atoms with Crippen molar-refractivity contribution >= 4 is 11.7 Å². The number of anilines is 1. The number of methoxy groups -OCH3 is 1. The second-order valence-electron chi connectivity index (χ2n) is 6.50. The van der Waals surface area contributed by atoms with Crippen molar-refractivity contribution in [2.24, 2.45) is 0 Å². The van der Waals surface area contributed by atoms with E-state index in [1.807, 2.05) is 12.2 Å². The average Bonchev–Trinajstić information content (AvgIpc) is 2.71. The van der Waals surface area contributed by atoms with E-state index in [1.165, 1.54) is 0 Å². The Morgan fingerprint density at radius 3 is 2.83 bits per heavy atom. The number of amides is 1. The van der Waals surface area contributed by atoms with E-state index >= 15 is 0 Å². The summed E-state index contributed by atoms with van der Waals surface area (Å²) in [4.78, 5) is 16.5. The molecule has 1 aromatic carbocycles. The van der Waals surface area contributed by atoms with Gasteiger partial charge in [0, 0.05) is 19.2 Å². The van der Waals surface area contributed by atoms with E-state index in [1.54, 1.807) is 37.4 Å². The van der Waals surface area contributed by atoms with E-state index in [-0.39, 0.29) is 23.7 Å². The predicted molar refractivity (Wildman–Crippen MR) is 111 cm³/mol. The number of rotatable bonds is 11. The van der Waals surface area contributed by atoms with Crippen molar-refractivity contribution in [1.29, 1.82) is 0 Å². The molecule has 1 heterocycles. The summed E-state index contributed by atoms with van der Waals surface area (Å²) in [5, 5.41) is 2.67. The molecule has 1 aromatic heterocycles. The summed E-state index contributed by atoms with van der Waals surface area (Å²) < 4.78 is 25.1. The Hall–Kier alpha value is -2.93. The lowest BCUT2D eigenvalue weighted by molar-refractivity contribution is 0.0951. The van der Waals surface area contributed by atoms with Crippen molar-refractivity contribution in [2.45, 2.75) is 39.3 Å². The highest BCUT2D eigenvalue weighted by Gasteiger charge is 2.14. The lowest BCUT2D eigenvalue weighted by Gasteiger charge is -2.11. The summed E-state index contributed by atoms with van der Waals surface area (Å²) in [7, 11) is 1.55. The molecule has 0 spiro atoms. The molecule has 7 heteroatoms. The number of carbonyl (C=O) groups excluding carboxylic acids is 1. The van der Waals surface area contributed by atoms with Crippen LogP contribution in [0.3, 0.4) is 0 Å². The van der Waals surface area contributed by atoms with Crippen molar-refractivity contribution in [2.75, 3.05) is 19.5 Å². The zero-order valence-electron chi connectivity index (χ0n) is 16.9. The van der Waals surface area contributed by atoms with Gasteiger partial charge < -0.3 is 20.5 Å². The summed E-state index contributed by atoms with van der Waals surface area (Å²) >= 11 is 0. The number of ether oxygens (including phenoxy) is 2. The highest BCUT2D eigenvalue weighted by atomic mass is 19.1. The van der Waals surface area contributed by atoms with Gasteiger partial charge in [-0.3, -0.25) is 4.79 Å². The second kappa shape index (κ2) is 11.8. The maximum absolute atomic E-state index is 14.6. The first-order chi connectivity index (χ1) is 14.1. The maximum atomic E-state index is 14.6. The smallest absolute Gasteiger partial charge is 0.255 e. The minimum absolute atomic E-state index is 0.00741. The average molecular weight is 401 g/mol. The Labute approximate surface area is 170 Å². The molecule has 0 saturated heterocycles. The Kier molecular flexibility index (Phi) is 9.11. The van der Waals surface area contributed by atoms with Gasteiger partial charge in [-0.1, -0.05) is 44.1 Å². The third-order valence-electron chi connectivity index (χ3n) is 4.23. The maximum Gasteiger partial charge on any atom is 0.255 e. The van der Waals surface area contributed by atoms with Gasteiger partial charge in [0.2, 0.25) is 0 Å². The van der Waals surface area contributed by atoms with E-state index < -0.39 is 11.7 Å². The molecule has 0 aliphatic carbocycles. The summed E-state index contributed by atoms with van der Waals surface area (Å²) in [6.45, 7) is 2.74. The first-order valence-corrected chi connectivity index (χ1v) is 9.64. The van der Waals surface area contributed by atoms with Gasteiger partial charge in [0.05, 0.1) is 17.9 Å². The quantitative estimate of drug-likeness (QED) is 0.439. The Morgan fingerprint density at radius 2 is 2.10 bits per heavy atom. The summed E-state index contributed by atoms with van der Waals surface area (Å²) in [6, 6.07) is 8.10. The summed E-state index contributed by atoms with van der Waals surface area (Å²) in [6.07, 6.45) is 7.15. The third-order valence-corrected chi connectivity index (χ3v) is 4.23. The molecule has 2 rings (SSSR count). The molecule has 29 heavy (non-hydrogen) atoms. The van der Waals surface area contributed by atoms with Crippen molar-refractivity contribution in [3.8, 4) is 5.75 Å². The lowest BCUT2D eigenvalue weighted by Crippen LogP contribution is -2.25. The highest BCUT2D eigenvalue weighted by Crippen LogP contribution is 2.21. The molecule has 0 fully saturated rings. The van der Waals surface area contributed by atoms with Gasteiger partial charge in [-0.15, -0.1) is 0 Å². The van der Waals surface area contributed by atoms with Gasteiger partial charge in [-0.05, 0) is 24.6 Å². The number of aromatic nitrogens is 1. The van der Waals surface area contributed by atoms with Gasteiger partial charge in [0.25, 0.3) is 5.91 Å². The van der Waals surface area contributed by atoms with Crippen LogP contribution in [0.2, 0.25) is 0 Å². The van der Waals surface area contributed by atoms with Gasteiger partial charge >= 0.3 is 0 Å². The standard InChI is InChI=1S/C22H28FN3O3/c1-3-4-5-6-7-13-29-19-10-8-9-16(20(19)23)14-25-22(27)18-12-11-17(15-28-2)26-21(18)24/h6-12H,3-5,13-15H2,1-2H3,(H2,24,26)(H,25,27). The number of hydrogen-bond donors (Lipinski definition) is 2. The molecular weight excluding hydrogens is 373 g/mol. The molecule has 1 amide bonds. The summed E-state index contributed by atoms with van der Waals surface area (Å²) in [5.41, 5.74) is 7.03. The van der Waals surface area contributed by atoms with Crippen molar-refractivity contribution < 1.29 is 18.7 Å². The molecule has 0 radical (unpaired) electrons. The van der Waals surface area contributed by atoms with Crippen LogP contribution in [0.15, 0.2) is 42.5 Å². The molecule has 0 saturated carbocycles. The number of nitrogens with one attached hydrogen (secondary N) is 1. The Bertz CT molecular complexity index is 840. The van der Waals surface area contributed by atoms with Crippen LogP contribution < -0.4 is 15.8 Å². The second-order valence-corrected chi connectivity index (χ2v) is 6.50. The van der Waals surface area contributed by atoms with Crippen LogP contribution in [0.5, 0.6) is 5.75 Å². The van der Waals surface area contributed by atoms with Crippen LogP contribution >= 0.6 is 0 Å². The lowest BCUT2D eigenvalue weighted by atomic mass is 10.1. The number of allylic oxidation sites excluding steroid dienone is 1. The Balaban J connectivity index is 1.95. The van der Waals surface area contributed by atoms with Crippen LogP contribution in [-0.4, -0.2) is 24.6 Å². The largest absolute Gasteiger partial charge is 0.486 e. The van der Waals surface area contributed by atoms with E-state index in [0.29, 0.717) is 24.5 Å². The van der Waals surface area contributed by atoms with Gasteiger partial charge in [0.15, 0.2) is 11.6 Å². The molecular formula is C22H28FN3O3. The number of hydrogen-bond acceptors (Lipinski definition) is 5. The number of pyridine rings is 1. The topological polar surface area (TPSA) is 86.5 Å². The fraction of sp³-hybridized carbons (Fsp3) is 0.364. The van der Waals surface area contributed by atoms with E-state index in [2.05, 4.69) is 17.2 Å². The number of nitrogens with zero attached hydrogens (tertiary/aromatic N) is 1. The first kappa shape index (κ1) is 22.4. The number of unbranched alkanes of at least 4 members (excludes halogenated alkanes) is 2. The predicted octanol–water partition coefficient (Wildman–Crippen LogP) is 4.00. The molecule has 0 unspecified atom stereocenters. The zero-order valence-corrected chi connectivity index (χ0v) is 16.9. The van der Waals surface area contributed by atoms with Crippen LogP contribution in [-0.2, 0) is 17.9 Å². The number of carbonyl (C=O) groups is 1. The van der Waals surface area contributed by atoms with E-state index in [0.717, 1.165) is 19.3 Å². The molecule has 0 bridgehead atoms. The third kappa shape index (κ3) is 6.87. The van der Waals surface area contributed by atoms with Crippen LogP contribution in [0, 0.1) is 5.82 Å². The van der Waals surface area contributed by atoms with Crippen molar-refractivity contribution in [1.82, 2.24) is 10.3 Å². The molecule has 0 aliphatic heterocycles. The minimum atomic E-state index is -0.490. The van der Waals surface area contributed by atoms with Gasteiger partial charge in [0.1, 0.15) is 12.4 Å². The molecule has 2 aromatic rings. The Morgan fingerprint density at radius 1 is 1.28 bits per heavy atom. The molecule has 156 valence electrons. The van der Waals surface area contributed by atoms with Crippen molar-refractivity contribution in [3.05, 3.63) is 65.1 Å². The van der Waals surface area contributed by atoms with Crippen LogP contribution in [0.25, 0.3) is 0 Å². The van der Waals surface area contributed by atoms with Gasteiger partial charge in [-0.2, -0.15) is 0 Å². The highest BCUT2D eigenvalue weighted by molar-refractivity contribution is 5.98. The van der Waals surface area contributed by atoms with E-state index in [4.69, 9.17) is 15.2 Å². The molecule has 6 nitrogen and oxygen atoms in total. The van der Waals surface area contributed by atoms with Gasteiger partial charge in [-0.25, -0.2) is 9.37 Å². The normalized spacial score (nSPS) is 11.0. The molecule has 3 N–H and O–H groups in total. The minimum Gasteiger partial charge on any atom is -0.486 e. The van der Waals surface area contributed by atoms with Crippen LogP contribution in [0.1, 0.15) is 47.8 Å². The number of nitrogens with two attached hydrogens (primary N) is 1. The van der Waals surface area contributed by atoms with Crippen LogP contribution in [0.4, 0.5) is 10.2 Å². The fourth-order valence-corrected chi connectivity index (χ4v) is 2.66. The number of nitrogen functional groups attached to an aromatic ring is 1. The van der Waals surface area contributed by atoms with Crippen molar-refractivity contribution in [3.63, 3.8) is 0 Å². The SMILES string of the molecule is CCCCC=CCOc1cccc(CNC(=O)c2ccc(COC)nc2N)c1F. The fourth-order valence-electron chi connectivity index (χ4n) is 2.66. The number of halogens is 1. The first-order valence-electron chi connectivity index (χ1n) is 9.64. The monoisotopic (exact) mass is 401 g/mol. The number of benzene rings is 1. The molecule has 0 atom stereocenters. The summed E-state index contributed by atoms with van der Waals surface area (Å²) in [5.74, 6) is -0.661.